The van der Waals surface area contributed by atoms with Crippen LogP contribution in [0.4, 0.5) is 0 Å². The van der Waals surface area contributed by atoms with Crippen LogP contribution in [0.25, 0.3) is 0 Å². The van der Waals surface area contributed by atoms with Gasteiger partial charge in [0.05, 0.1) is 25.4 Å². The lowest BCUT2D eigenvalue weighted by Gasteiger charge is -2.25. The molecule has 0 bridgehead atoms. The van der Waals surface area contributed by atoms with Crippen molar-refractivity contribution in [1.82, 2.24) is 9.80 Å². The maximum absolute atomic E-state index is 9.96. The van der Waals surface area contributed by atoms with E-state index in [4.69, 9.17) is 9.47 Å². The van der Waals surface area contributed by atoms with Gasteiger partial charge in [0.2, 0.25) is 0 Å². The van der Waals surface area contributed by atoms with Crippen LogP contribution in [-0.2, 0) is 9.47 Å². The van der Waals surface area contributed by atoms with Crippen LogP contribution in [-0.4, -0.2) is 87.7 Å². The Morgan fingerprint density at radius 3 is 2.37 bits per heavy atom. The maximum Gasteiger partial charge on any atom is 0.0900 e. The average molecular weight is 276 g/mol. The quantitative estimate of drug-likeness (QED) is 0.568. The van der Waals surface area contributed by atoms with Crippen LogP contribution in [0.15, 0.2) is 0 Å². The van der Waals surface area contributed by atoms with Gasteiger partial charge in [0.1, 0.15) is 0 Å². The number of hydrogen-bond donors (Lipinski definition) is 1. The van der Waals surface area contributed by atoms with Crippen molar-refractivity contribution in [2.75, 3.05) is 60.6 Å². The molecule has 0 fully saturated rings. The van der Waals surface area contributed by atoms with E-state index in [2.05, 4.69) is 30.8 Å². The topological polar surface area (TPSA) is 45.2 Å². The molecule has 0 amide bonds. The average Bonchev–Trinajstić information content (AvgIpc) is 2.35. The summed E-state index contributed by atoms with van der Waals surface area (Å²) in [7, 11) is 5.81. The van der Waals surface area contributed by atoms with Gasteiger partial charge in [-0.1, -0.05) is 6.92 Å². The Balaban J connectivity index is 3.76. The van der Waals surface area contributed by atoms with Gasteiger partial charge in [-0.2, -0.15) is 0 Å². The van der Waals surface area contributed by atoms with Crippen LogP contribution in [0, 0.1) is 0 Å². The molecule has 0 aromatic rings. The van der Waals surface area contributed by atoms with Crippen molar-refractivity contribution in [3.63, 3.8) is 0 Å². The number of methoxy groups -OCH3 is 1. The zero-order valence-electron chi connectivity index (χ0n) is 13.3. The van der Waals surface area contributed by atoms with Gasteiger partial charge in [-0.3, -0.25) is 0 Å². The zero-order chi connectivity index (χ0) is 14.7. The Morgan fingerprint density at radius 1 is 1.16 bits per heavy atom. The predicted octanol–water partition coefficient (Wildman–Crippen LogP) is 0.672. The second kappa shape index (κ2) is 11.6. The third-order valence-electron chi connectivity index (χ3n) is 2.97. The molecule has 0 aromatic carbocycles. The molecule has 0 rings (SSSR count). The number of aliphatic hydroxyl groups excluding tert-OH is 1. The molecule has 1 N–H and O–H groups in total. The van der Waals surface area contributed by atoms with E-state index >= 15 is 0 Å². The van der Waals surface area contributed by atoms with Crippen LogP contribution in [0.3, 0.4) is 0 Å². The summed E-state index contributed by atoms with van der Waals surface area (Å²) < 4.78 is 10.5. The van der Waals surface area contributed by atoms with Gasteiger partial charge in [-0.25, -0.2) is 0 Å². The second-order valence-electron chi connectivity index (χ2n) is 5.30. The highest BCUT2D eigenvalue weighted by molar-refractivity contribution is 4.64. The summed E-state index contributed by atoms with van der Waals surface area (Å²) in [5.74, 6) is 0. The maximum atomic E-state index is 9.96. The van der Waals surface area contributed by atoms with Crippen LogP contribution in [0.5, 0.6) is 0 Å². The minimum Gasteiger partial charge on any atom is -0.389 e. The Labute approximate surface area is 118 Å². The number of ether oxygens (including phenoxy) is 2. The molecule has 0 spiro atoms. The van der Waals surface area contributed by atoms with Crippen molar-refractivity contribution >= 4 is 0 Å². The molecule has 2 atom stereocenters. The largest absolute Gasteiger partial charge is 0.389 e. The first kappa shape index (κ1) is 18.8. The normalized spacial score (nSPS) is 15.2. The number of rotatable bonds is 12. The third-order valence-corrected chi connectivity index (χ3v) is 2.97. The van der Waals surface area contributed by atoms with Crippen molar-refractivity contribution in [2.45, 2.75) is 32.5 Å². The van der Waals surface area contributed by atoms with Gasteiger partial charge in [0, 0.05) is 13.7 Å². The van der Waals surface area contributed by atoms with Gasteiger partial charge in [-0.05, 0) is 47.1 Å². The lowest BCUT2D eigenvalue weighted by atomic mass is 10.3. The summed E-state index contributed by atoms with van der Waals surface area (Å²) in [6, 6.07) is 0. The molecule has 0 heterocycles. The molecule has 19 heavy (non-hydrogen) atoms. The monoisotopic (exact) mass is 276 g/mol. The molecule has 5 nitrogen and oxygen atoms in total. The lowest BCUT2D eigenvalue weighted by Crippen LogP contribution is -2.37. The fourth-order valence-corrected chi connectivity index (χ4v) is 1.90. The number of nitrogens with zero attached hydrogens (tertiary/aromatic N) is 2. The minimum absolute atomic E-state index is 0.0310. The highest BCUT2D eigenvalue weighted by Crippen LogP contribution is 1.99. The van der Waals surface area contributed by atoms with E-state index < -0.39 is 6.10 Å². The second-order valence-corrected chi connectivity index (χ2v) is 5.30. The molecule has 0 saturated heterocycles. The van der Waals surface area contributed by atoms with Gasteiger partial charge in [-0.15, -0.1) is 0 Å². The van der Waals surface area contributed by atoms with Gasteiger partial charge in [0.15, 0.2) is 0 Å². The van der Waals surface area contributed by atoms with E-state index in [-0.39, 0.29) is 6.10 Å². The molecule has 0 aliphatic heterocycles. The first-order chi connectivity index (χ1) is 8.99. The highest BCUT2D eigenvalue weighted by atomic mass is 16.5. The lowest BCUT2D eigenvalue weighted by molar-refractivity contribution is -0.0394. The SMILES string of the molecule is CCN(CCCN(C)C)CC(O)COC(C)COC. The molecule has 5 heteroatoms. The molecule has 0 aliphatic rings. The third kappa shape index (κ3) is 11.3. The van der Waals surface area contributed by atoms with E-state index in [0.717, 1.165) is 26.1 Å². The van der Waals surface area contributed by atoms with Crippen LogP contribution < -0.4 is 0 Å². The molecular weight excluding hydrogens is 244 g/mol. The standard InChI is InChI=1S/C14H32N2O3/c1-6-16(9-7-8-15(3)4)10-14(17)12-19-13(2)11-18-5/h13-14,17H,6-12H2,1-5H3. The van der Waals surface area contributed by atoms with Gasteiger partial charge in [0.25, 0.3) is 0 Å². The summed E-state index contributed by atoms with van der Waals surface area (Å²) in [6.07, 6.45) is 0.719. The summed E-state index contributed by atoms with van der Waals surface area (Å²) in [5.41, 5.74) is 0. The van der Waals surface area contributed by atoms with Crippen LogP contribution in [0.1, 0.15) is 20.3 Å². The van der Waals surface area contributed by atoms with E-state index in [1.54, 1.807) is 7.11 Å². The smallest absolute Gasteiger partial charge is 0.0900 e. The van der Waals surface area contributed by atoms with Gasteiger partial charge >= 0.3 is 0 Å². The zero-order valence-corrected chi connectivity index (χ0v) is 13.3. The molecule has 2 unspecified atom stereocenters. The first-order valence-electron chi connectivity index (χ1n) is 7.15. The van der Waals surface area contributed by atoms with E-state index in [1.807, 2.05) is 6.92 Å². The predicted molar refractivity (Wildman–Crippen MR) is 78.6 cm³/mol. The summed E-state index contributed by atoms with van der Waals surface area (Å²) in [5, 5.41) is 9.96. The van der Waals surface area contributed by atoms with Crippen molar-refractivity contribution in [3.8, 4) is 0 Å². The number of aliphatic hydroxyl groups is 1. The molecule has 0 aromatic heterocycles. The Kier molecular flexibility index (Phi) is 11.5. The van der Waals surface area contributed by atoms with E-state index in [1.165, 1.54) is 0 Å². The minimum atomic E-state index is -0.432. The number of likely N-dealkylation sites (N-methyl/N-ethyl adjacent to an activating group) is 1. The molecule has 0 aliphatic carbocycles. The van der Waals surface area contributed by atoms with Crippen molar-refractivity contribution in [1.29, 1.82) is 0 Å². The molecule has 116 valence electrons. The highest BCUT2D eigenvalue weighted by Gasteiger charge is 2.12. The van der Waals surface area contributed by atoms with Crippen molar-refractivity contribution < 1.29 is 14.6 Å². The van der Waals surface area contributed by atoms with E-state index in [9.17, 15) is 5.11 Å². The fraction of sp³-hybridized carbons (Fsp3) is 1.00. The summed E-state index contributed by atoms with van der Waals surface area (Å²) >= 11 is 0. The molecule has 0 radical (unpaired) electrons. The fourth-order valence-electron chi connectivity index (χ4n) is 1.90. The number of hydrogen-bond acceptors (Lipinski definition) is 5. The summed E-state index contributed by atoms with van der Waals surface area (Å²) in [6.45, 7) is 8.72. The van der Waals surface area contributed by atoms with Crippen molar-refractivity contribution in [3.05, 3.63) is 0 Å². The Morgan fingerprint density at radius 2 is 1.84 bits per heavy atom. The molecular formula is C14H32N2O3. The molecule has 0 saturated carbocycles. The first-order valence-corrected chi connectivity index (χ1v) is 7.15. The van der Waals surface area contributed by atoms with Crippen LogP contribution >= 0.6 is 0 Å². The van der Waals surface area contributed by atoms with E-state index in [0.29, 0.717) is 19.8 Å². The Hall–Kier alpha value is -0.200. The van der Waals surface area contributed by atoms with Crippen molar-refractivity contribution in [2.24, 2.45) is 0 Å². The van der Waals surface area contributed by atoms with Gasteiger partial charge < -0.3 is 24.4 Å². The Bertz CT molecular complexity index is 203. The van der Waals surface area contributed by atoms with Crippen LogP contribution in [0.2, 0.25) is 0 Å². The summed E-state index contributed by atoms with van der Waals surface area (Å²) in [4.78, 5) is 4.44.